The van der Waals surface area contributed by atoms with Crippen molar-refractivity contribution < 1.29 is 9.84 Å². The number of hydrogen-bond donors (Lipinski definition) is 1. The van der Waals surface area contributed by atoms with Gasteiger partial charge < -0.3 is 9.84 Å². The van der Waals surface area contributed by atoms with Crippen LogP contribution in [0, 0.1) is 6.92 Å². The molecule has 0 radical (unpaired) electrons. The van der Waals surface area contributed by atoms with E-state index in [1.165, 1.54) is 17.0 Å². The molecule has 1 fully saturated rings. The van der Waals surface area contributed by atoms with Crippen LogP contribution in [-0.2, 0) is 4.74 Å². The monoisotopic (exact) mass is 196 g/mol. The summed E-state index contributed by atoms with van der Waals surface area (Å²) in [4.78, 5) is 15.5. The van der Waals surface area contributed by atoms with E-state index in [0.29, 0.717) is 12.3 Å². The van der Waals surface area contributed by atoms with Crippen LogP contribution in [0.4, 0.5) is 0 Å². The predicted molar refractivity (Wildman–Crippen MR) is 49.1 cm³/mol. The normalized spacial score (nSPS) is 26.7. The van der Waals surface area contributed by atoms with Crippen molar-refractivity contribution in [3.8, 4) is 0 Å². The predicted octanol–water partition coefficient (Wildman–Crippen LogP) is -0.516. The van der Waals surface area contributed by atoms with E-state index in [1.807, 2.05) is 0 Å². The highest BCUT2D eigenvalue weighted by Crippen LogP contribution is 2.16. The quantitative estimate of drug-likeness (QED) is 0.656. The van der Waals surface area contributed by atoms with Crippen molar-refractivity contribution in [1.29, 1.82) is 0 Å². The van der Waals surface area contributed by atoms with E-state index in [-0.39, 0.29) is 18.2 Å². The van der Waals surface area contributed by atoms with E-state index < -0.39 is 6.10 Å². The number of aliphatic hydroxyl groups excluding tert-OH is 1. The third-order valence-electron chi connectivity index (χ3n) is 2.35. The lowest BCUT2D eigenvalue weighted by Crippen LogP contribution is -2.31. The molecule has 0 bridgehead atoms. The Balaban J connectivity index is 2.36. The van der Waals surface area contributed by atoms with Crippen LogP contribution in [0.2, 0.25) is 0 Å². The molecule has 76 valence electrons. The second kappa shape index (κ2) is 3.51. The molecule has 2 unspecified atom stereocenters. The van der Waals surface area contributed by atoms with Crippen LogP contribution in [0.3, 0.4) is 0 Å². The zero-order valence-electron chi connectivity index (χ0n) is 7.88. The Kier molecular flexibility index (Phi) is 2.35. The van der Waals surface area contributed by atoms with Gasteiger partial charge >= 0.3 is 0 Å². The number of ether oxygens (including phenoxy) is 1. The lowest BCUT2D eigenvalue weighted by molar-refractivity contribution is 0.119. The lowest BCUT2D eigenvalue weighted by Gasteiger charge is -2.14. The summed E-state index contributed by atoms with van der Waals surface area (Å²) in [5.74, 6) is 0. The van der Waals surface area contributed by atoms with E-state index >= 15 is 0 Å². The van der Waals surface area contributed by atoms with Crippen LogP contribution in [0.1, 0.15) is 11.7 Å². The Labute approximate surface area is 81.0 Å². The molecule has 1 aliphatic heterocycles. The van der Waals surface area contributed by atoms with Gasteiger partial charge in [-0.3, -0.25) is 9.36 Å². The summed E-state index contributed by atoms with van der Waals surface area (Å²) in [6.07, 6.45) is 0.845. The van der Waals surface area contributed by atoms with E-state index in [2.05, 4.69) is 4.98 Å². The molecule has 5 nitrogen and oxygen atoms in total. The van der Waals surface area contributed by atoms with Crippen LogP contribution >= 0.6 is 0 Å². The number of rotatable bonds is 1. The first-order chi connectivity index (χ1) is 6.68. The third kappa shape index (κ3) is 1.56. The lowest BCUT2D eigenvalue weighted by atomic mass is 10.2. The molecule has 1 aliphatic rings. The van der Waals surface area contributed by atoms with Crippen molar-refractivity contribution in [2.75, 3.05) is 13.2 Å². The molecule has 0 saturated carbocycles. The molecule has 1 aromatic rings. The van der Waals surface area contributed by atoms with Crippen LogP contribution in [0.25, 0.3) is 0 Å². The summed E-state index contributed by atoms with van der Waals surface area (Å²) in [6.45, 7) is 2.41. The first kappa shape index (κ1) is 9.36. The Bertz CT molecular complexity index is 388. The second-order valence-corrected chi connectivity index (χ2v) is 3.45. The fourth-order valence-corrected chi connectivity index (χ4v) is 1.55. The minimum Gasteiger partial charge on any atom is -0.388 e. The summed E-state index contributed by atoms with van der Waals surface area (Å²) in [5, 5.41) is 9.52. The summed E-state index contributed by atoms with van der Waals surface area (Å²) in [7, 11) is 0. The van der Waals surface area contributed by atoms with Crippen LogP contribution < -0.4 is 5.56 Å². The van der Waals surface area contributed by atoms with Gasteiger partial charge in [-0.05, 0) is 6.92 Å². The molecule has 2 heterocycles. The maximum atomic E-state index is 11.5. The summed E-state index contributed by atoms with van der Waals surface area (Å²) in [5.41, 5.74) is 0.534. The largest absolute Gasteiger partial charge is 0.388 e. The van der Waals surface area contributed by atoms with Gasteiger partial charge in [-0.25, -0.2) is 4.98 Å². The number of hydrogen-bond acceptors (Lipinski definition) is 4. The molecular weight excluding hydrogens is 184 g/mol. The maximum absolute atomic E-state index is 11.5. The van der Waals surface area contributed by atoms with Crippen molar-refractivity contribution in [2.24, 2.45) is 0 Å². The number of aromatic nitrogens is 2. The molecule has 0 aliphatic carbocycles. The van der Waals surface area contributed by atoms with E-state index in [4.69, 9.17) is 4.74 Å². The smallest absolute Gasteiger partial charge is 0.253 e. The Morgan fingerprint density at radius 2 is 2.43 bits per heavy atom. The summed E-state index contributed by atoms with van der Waals surface area (Å²) < 4.78 is 6.49. The van der Waals surface area contributed by atoms with Gasteiger partial charge in [0.05, 0.1) is 25.6 Å². The summed E-state index contributed by atoms with van der Waals surface area (Å²) >= 11 is 0. The first-order valence-electron chi connectivity index (χ1n) is 4.49. The second-order valence-electron chi connectivity index (χ2n) is 3.45. The summed E-state index contributed by atoms with van der Waals surface area (Å²) in [6, 6.07) is 1.15. The van der Waals surface area contributed by atoms with Gasteiger partial charge in [0.25, 0.3) is 5.56 Å². The minimum absolute atomic E-state index is 0.146. The number of nitrogens with zero attached hydrogens (tertiary/aromatic N) is 2. The molecule has 1 saturated heterocycles. The maximum Gasteiger partial charge on any atom is 0.253 e. The molecule has 5 heteroatoms. The van der Waals surface area contributed by atoms with Crippen LogP contribution in [0.5, 0.6) is 0 Å². The zero-order chi connectivity index (χ0) is 10.1. The highest BCUT2D eigenvalue weighted by molar-refractivity contribution is 4.98. The van der Waals surface area contributed by atoms with Crippen molar-refractivity contribution >= 4 is 0 Å². The van der Waals surface area contributed by atoms with Gasteiger partial charge in [0, 0.05) is 11.8 Å². The topological polar surface area (TPSA) is 64.3 Å². The van der Waals surface area contributed by atoms with Gasteiger partial charge in [0.1, 0.15) is 6.10 Å². The van der Waals surface area contributed by atoms with Gasteiger partial charge in [-0.2, -0.15) is 0 Å². The van der Waals surface area contributed by atoms with Crippen LogP contribution in [0.15, 0.2) is 17.2 Å². The average molecular weight is 196 g/mol. The number of aliphatic hydroxyl groups is 1. The Morgan fingerprint density at radius 1 is 1.64 bits per heavy atom. The molecule has 0 amide bonds. The first-order valence-corrected chi connectivity index (χ1v) is 4.49. The van der Waals surface area contributed by atoms with Gasteiger partial charge in [0.2, 0.25) is 0 Å². The minimum atomic E-state index is -0.614. The molecular formula is C9H12N2O3. The van der Waals surface area contributed by atoms with E-state index in [0.717, 1.165) is 0 Å². The Morgan fingerprint density at radius 3 is 3.00 bits per heavy atom. The standard InChI is InChI=1S/C9H12N2O3/c1-6-2-9(13)11(5-10-6)7-3-14-4-8(7)12/h2,5,7-8,12H,3-4H2,1H3. The Hall–Kier alpha value is -1.20. The molecule has 14 heavy (non-hydrogen) atoms. The molecule has 1 N–H and O–H groups in total. The fraction of sp³-hybridized carbons (Fsp3) is 0.556. The van der Waals surface area contributed by atoms with Gasteiger partial charge in [-0.1, -0.05) is 0 Å². The number of aryl methyl sites for hydroxylation is 1. The average Bonchev–Trinajstić information content (AvgIpc) is 2.52. The molecule has 2 atom stereocenters. The van der Waals surface area contributed by atoms with Gasteiger partial charge in [0.15, 0.2) is 0 Å². The zero-order valence-corrected chi connectivity index (χ0v) is 7.88. The molecule has 0 spiro atoms. The van der Waals surface area contributed by atoms with Crippen LogP contribution in [-0.4, -0.2) is 34.0 Å². The van der Waals surface area contributed by atoms with Crippen molar-refractivity contribution in [2.45, 2.75) is 19.1 Å². The molecule has 0 aromatic carbocycles. The molecule has 2 rings (SSSR count). The molecule has 1 aromatic heterocycles. The fourth-order valence-electron chi connectivity index (χ4n) is 1.55. The van der Waals surface area contributed by atoms with Gasteiger partial charge in [-0.15, -0.1) is 0 Å². The van der Waals surface area contributed by atoms with E-state index in [9.17, 15) is 9.90 Å². The highest BCUT2D eigenvalue weighted by Gasteiger charge is 2.28. The van der Waals surface area contributed by atoms with E-state index in [1.54, 1.807) is 6.92 Å². The van der Waals surface area contributed by atoms with Crippen molar-refractivity contribution in [3.63, 3.8) is 0 Å². The van der Waals surface area contributed by atoms with Crippen molar-refractivity contribution in [1.82, 2.24) is 9.55 Å². The third-order valence-corrected chi connectivity index (χ3v) is 2.35. The SMILES string of the molecule is Cc1cc(=O)n(C2COCC2O)cn1. The van der Waals surface area contributed by atoms with Crippen molar-refractivity contribution in [3.05, 3.63) is 28.4 Å². The highest BCUT2D eigenvalue weighted by atomic mass is 16.5.